The standard InChI is InChI=1S/C35H40F4/c1-3-5-6-7-8-9-11-28-20-21-29(33(37)32(28)36)26-16-18-27(19-17-26)31-23-22-30(34(38)35(31)39)25-14-12-24(10-4-2)13-15-25/h4,10,16-25H,3,5-9,11-15H2,1-2H3. The smallest absolute Gasteiger partial charge is 0.166 e. The van der Waals surface area contributed by atoms with Crippen molar-refractivity contribution < 1.29 is 17.6 Å². The highest BCUT2D eigenvalue weighted by atomic mass is 19.2. The molecule has 0 spiro atoms. The van der Waals surface area contributed by atoms with Gasteiger partial charge in [0.1, 0.15) is 0 Å². The van der Waals surface area contributed by atoms with E-state index < -0.39 is 23.3 Å². The predicted octanol–water partition coefficient (Wildman–Crippen LogP) is 11.3. The van der Waals surface area contributed by atoms with Gasteiger partial charge in [0.05, 0.1) is 0 Å². The fourth-order valence-corrected chi connectivity index (χ4v) is 5.93. The van der Waals surface area contributed by atoms with E-state index in [1.165, 1.54) is 19.3 Å². The van der Waals surface area contributed by atoms with Crippen LogP contribution in [0, 0.1) is 29.2 Å². The first kappa shape index (κ1) is 29.1. The largest absolute Gasteiger partial charge is 0.203 e. The molecule has 0 aliphatic heterocycles. The lowest BCUT2D eigenvalue weighted by Gasteiger charge is -2.27. The number of aryl methyl sites for hydroxylation is 1. The molecule has 1 aliphatic carbocycles. The van der Waals surface area contributed by atoms with E-state index >= 15 is 8.78 Å². The van der Waals surface area contributed by atoms with E-state index in [1.807, 2.05) is 6.92 Å². The van der Waals surface area contributed by atoms with E-state index in [0.29, 0.717) is 34.6 Å². The monoisotopic (exact) mass is 536 g/mol. The van der Waals surface area contributed by atoms with Gasteiger partial charge in [-0.1, -0.05) is 99.7 Å². The summed E-state index contributed by atoms with van der Waals surface area (Å²) >= 11 is 0. The van der Waals surface area contributed by atoms with Gasteiger partial charge in [-0.05, 0) is 79.5 Å². The van der Waals surface area contributed by atoms with Crippen LogP contribution in [0.4, 0.5) is 17.6 Å². The van der Waals surface area contributed by atoms with Crippen LogP contribution in [-0.2, 0) is 6.42 Å². The van der Waals surface area contributed by atoms with Crippen LogP contribution in [0.2, 0.25) is 0 Å². The van der Waals surface area contributed by atoms with Crippen LogP contribution in [0.3, 0.4) is 0 Å². The van der Waals surface area contributed by atoms with Crippen LogP contribution in [-0.4, -0.2) is 0 Å². The van der Waals surface area contributed by atoms with Gasteiger partial charge in [-0.2, -0.15) is 0 Å². The number of rotatable bonds is 11. The predicted molar refractivity (Wildman–Crippen MR) is 154 cm³/mol. The first-order chi connectivity index (χ1) is 18.9. The molecule has 0 N–H and O–H groups in total. The zero-order valence-electron chi connectivity index (χ0n) is 23.2. The molecule has 4 heteroatoms. The highest BCUT2D eigenvalue weighted by Crippen LogP contribution is 2.39. The molecule has 0 aromatic heterocycles. The van der Waals surface area contributed by atoms with Gasteiger partial charge in [0.15, 0.2) is 23.3 Å². The Balaban J connectivity index is 1.45. The summed E-state index contributed by atoms with van der Waals surface area (Å²) in [5, 5.41) is 0. The highest BCUT2D eigenvalue weighted by molar-refractivity contribution is 5.71. The molecule has 0 bridgehead atoms. The third-order valence-electron chi connectivity index (χ3n) is 8.26. The maximum Gasteiger partial charge on any atom is 0.166 e. The lowest BCUT2D eigenvalue weighted by molar-refractivity contribution is 0.364. The lowest BCUT2D eigenvalue weighted by atomic mass is 9.78. The molecule has 0 atom stereocenters. The van der Waals surface area contributed by atoms with Gasteiger partial charge in [0.2, 0.25) is 0 Å². The van der Waals surface area contributed by atoms with Crippen molar-refractivity contribution in [1.82, 2.24) is 0 Å². The van der Waals surface area contributed by atoms with Crippen LogP contribution >= 0.6 is 0 Å². The Morgan fingerprint density at radius 3 is 1.82 bits per heavy atom. The number of allylic oxidation sites excluding steroid dienone is 2. The summed E-state index contributed by atoms with van der Waals surface area (Å²) in [5.74, 6) is -2.75. The fourth-order valence-electron chi connectivity index (χ4n) is 5.93. The topological polar surface area (TPSA) is 0 Å². The van der Waals surface area contributed by atoms with E-state index in [-0.39, 0.29) is 17.0 Å². The fraction of sp³-hybridized carbons (Fsp3) is 0.429. The summed E-state index contributed by atoms with van der Waals surface area (Å²) in [5.41, 5.74) is 2.19. The van der Waals surface area contributed by atoms with Gasteiger partial charge in [-0.25, -0.2) is 17.6 Å². The summed E-state index contributed by atoms with van der Waals surface area (Å²) in [7, 11) is 0. The van der Waals surface area contributed by atoms with E-state index in [2.05, 4.69) is 19.1 Å². The Labute approximate surface area is 231 Å². The van der Waals surface area contributed by atoms with E-state index in [1.54, 1.807) is 48.5 Å². The number of hydrogen-bond donors (Lipinski definition) is 0. The zero-order chi connectivity index (χ0) is 27.8. The van der Waals surface area contributed by atoms with Crippen molar-refractivity contribution >= 4 is 0 Å². The molecule has 0 unspecified atom stereocenters. The van der Waals surface area contributed by atoms with Gasteiger partial charge in [0.25, 0.3) is 0 Å². The summed E-state index contributed by atoms with van der Waals surface area (Å²) in [6, 6.07) is 13.2. The molecular weight excluding hydrogens is 496 g/mol. The minimum absolute atomic E-state index is 0.0272. The Morgan fingerprint density at radius 2 is 1.21 bits per heavy atom. The van der Waals surface area contributed by atoms with Crippen LogP contribution in [0.1, 0.15) is 95.1 Å². The molecule has 0 heterocycles. The molecule has 0 nitrogen and oxygen atoms in total. The Kier molecular flexibility index (Phi) is 10.4. The summed E-state index contributed by atoms with van der Waals surface area (Å²) in [4.78, 5) is 0. The zero-order valence-corrected chi connectivity index (χ0v) is 23.2. The maximum atomic E-state index is 15.2. The van der Waals surface area contributed by atoms with E-state index in [0.717, 1.165) is 44.9 Å². The van der Waals surface area contributed by atoms with Crippen molar-refractivity contribution in [2.45, 2.75) is 90.4 Å². The van der Waals surface area contributed by atoms with Crippen LogP contribution < -0.4 is 0 Å². The molecular formula is C35H40F4. The van der Waals surface area contributed by atoms with Crippen LogP contribution in [0.5, 0.6) is 0 Å². The Hall–Kier alpha value is -2.88. The first-order valence-corrected chi connectivity index (χ1v) is 14.6. The molecule has 4 rings (SSSR count). The van der Waals surface area contributed by atoms with E-state index in [4.69, 9.17) is 0 Å². The molecule has 1 fully saturated rings. The SMILES string of the molecule is CC=CC1CCC(c2ccc(-c3ccc(-c4ccc(CCCCCCCC)c(F)c4F)cc3)c(F)c2F)CC1. The van der Waals surface area contributed by atoms with Crippen molar-refractivity contribution in [1.29, 1.82) is 0 Å². The second-order valence-corrected chi connectivity index (χ2v) is 11.0. The van der Waals surface area contributed by atoms with E-state index in [9.17, 15) is 8.78 Å². The summed E-state index contributed by atoms with van der Waals surface area (Å²) in [6.45, 7) is 4.18. The number of halogens is 4. The molecule has 3 aromatic rings. The third kappa shape index (κ3) is 7.01. The van der Waals surface area contributed by atoms with Crippen LogP contribution in [0.25, 0.3) is 22.3 Å². The van der Waals surface area contributed by atoms with Crippen molar-refractivity contribution in [3.05, 3.63) is 95.1 Å². The van der Waals surface area contributed by atoms with Gasteiger partial charge >= 0.3 is 0 Å². The van der Waals surface area contributed by atoms with Gasteiger partial charge in [0, 0.05) is 11.1 Å². The first-order valence-electron chi connectivity index (χ1n) is 14.6. The summed E-state index contributed by atoms with van der Waals surface area (Å²) < 4.78 is 60.1. The molecule has 0 amide bonds. The molecule has 1 aliphatic rings. The van der Waals surface area contributed by atoms with Crippen LogP contribution in [0.15, 0.2) is 60.7 Å². The average Bonchev–Trinajstić information content (AvgIpc) is 2.95. The lowest BCUT2D eigenvalue weighted by Crippen LogP contribution is -2.13. The van der Waals surface area contributed by atoms with Crippen molar-refractivity contribution in [2.75, 3.05) is 0 Å². The normalized spacial score (nSPS) is 17.7. The molecule has 1 saturated carbocycles. The van der Waals surface area contributed by atoms with Crippen molar-refractivity contribution in [3.8, 4) is 22.3 Å². The quantitative estimate of drug-likeness (QED) is 0.130. The maximum absolute atomic E-state index is 15.2. The third-order valence-corrected chi connectivity index (χ3v) is 8.26. The Bertz CT molecular complexity index is 1250. The number of hydrogen-bond acceptors (Lipinski definition) is 0. The highest BCUT2D eigenvalue weighted by Gasteiger charge is 2.26. The summed E-state index contributed by atoms with van der Waals surface area (Å²) in [6.07, 6.45) is 15.0. The van der Waals surface area contributed by atoms with Crippen molar-refractivity contribution in [3.63, 3.8) is 0 Å². The molecule has 208 valence electrons. The number of unbranched alkanes of at least 4 members (excludes halogenated alkanes) is 5. The molecule has 0 saturated heterocycles. The second kappa shape index (κ2) is 14.0. The molecule has 39 heavy (non-hydrogen) atoms. The van der Waals surface area contributed by atoms with Gasteiger partial charge in [-0.3, -0.25) is 0 Å². The van der Waals surface area contributed by atoms with Gasteiger partial charge < -0.3 is 0 Å². The molecule has 3 aromatic carbocycles. The second-order valence-electron chi connectivity index (χ2n) is 11.0. The average molecular weight is 537 g/mol. The van der Waals surface area contributed by atoms with Gasteiger partial charge in [-0.15, -0.1) is 0 Å². The minimum Gasteiger partial charge on any atom is -0.203 e. The number of benzene rings is 3. The Morgan fingerprint density at radius 1 is 0.641 bits per heavy atom. The molecule has 0 radical (unpaired) electrons. The van der Waals surface area contributed by atoms with Crippen molar-refractivity contribution in [2.24, 2.45) is 5.92 Å². The minimum atomic E-state index is -0.864.